The van der Waals surface area contributed by atoms with E-state index in [1.807, 2.05) is 62.9 Å². The number of nitrogens with zero attached hydrogens (tertiary/aromatic N) is 9. The minimum Gasteiger partial charge on any atom is -0.493 e. The topological polar surface area (TPSA) is 165 Å². The van der Waals surface area contributed by atoms with Crippen LogP contribution in [0.25, 0.3) is 33.2 Å². The third-order valence-corrected chi connectivity index (χ3v) is 13.0. The molecule has 0 aliphatic carbocycles. The van der Waals surface area contributed by atoms with Crippen molar-refractivity contribution in [3.8, 4) is 22.9 Å². The molecule has 0 spiro atoms. The quantitative estimate of drug-likeness (QED) is 0.0549. The summed E-state index contributed by atoms with van der Waals surface area (Å²) in [5.74, 6) is -2.02. The fourth-order valence-corrected chi connectivity index (χ4v) is 8.83. The summed E-state index contributed by atoms with van der Waals surface area (Å²) in [6, 6.07) is 16.4. The number of benzene rings is 3. The van der Waals surface area contributed by atoms with Gasteiger partial charge in [0.25, 0.3) is 0 Å². The second kappa shape index (κ2) is 21.3. The molecule has 3 aromatic carbocycles. The maximum absolute atomic E-state index is 14.5. The third-order valence-electron chi connectivity index (χ3n) is 11.4. The number of hydrogen-bond acceptors (Lipinski definition) is 10. The molecule has 0 fully saturated rings. The molecule has 0 saturated carbocycles. The molecule has 0 saturated heterocycles. The number of hydrogen-bond donors (Lipinski definition) is 2. The molecule has 2 N–H and O–H groups in total. The van der Waals surface area contributed by atoms with Gasteiger partial charge in [-0.25, -0.2) is 38.1 Å². The Hall–Kier alpha value is -6.72. The van der Waals surface area contributed by atoms with Crippen LogP contribution < -0.4 is 23.8 Å². The summed E-state index contributed by atoms with van der Waals surface area (Å²) in [5.41, 5.74) is 2.04. The molecule has 356 valence electrons. The molecule has 0 bridgehead atoms. The van der Waals surface area contributed by atoms with Crippen molar-refractivity contribution in [2.75, 3.05) is 36.1 Å². The summed E-state index contributed by atoms with van der Waals surface area (Å²) in [6.07, 6.45) is 14.8. The second-order valence-corrected chi connectivity index (χ2v) is 17.9. The molecule has 0 radical (unpaired) electrons. The Kier molecular flexibility index (Phi) is 15.0. The molecule has 15 nitrogen and oxygen atoms in total. The predicted octanol–water partition coefficient (Wildman–Crippen LogP) is 10.6. The smallest absolute Gasteiger partial charge is 0.342 e. The summed E-state index contributed by atoms with van der Waals surface area (Å²) >= 11 is 26.8. The van der Waals surface area contributed by atoms with Crippen LogP contribution in [0.3, 0.4) is 0 Å². The minimum absolute atomic E-state index is 0.0000847. The molecule has 1 unspecified atom stereocenters. The van der Waals surface area contributed by atoms with Crippen LogP contribution in [0.4, 0.5) is 16.0 Å². The van der Waals surface area contributed by atoms with Crippen molar-refractivity contribution in [1.29, 1.82) is 0 Å². The van der Waals surface area contributed by atoms with E-state index in [4.69, 9.17) is 65.8 Å². The molecule has 0 aliphatic rings. The Bertz CT molecular complexity index is 3170. The van der Waals surface area contributed by atoms with Crippen molar-refractivity contribution in [2.24, 2.45) is 0 Å². The van der Waals surface area contributed by atoms with Gasteiger partial charge in [-0.3, -0.25) is 4.98 Å². The molecular formula is C49H45Cl4FN9O6+. The normalized spacial score (nSPS) is 11.9. The number of carbonyl (C=O) groups is 2. The van der Waals surface area contributed by atoms with Gasteiger partial charge < -0.3 is 34.1 Å². The van der Waals surface area contributed by atoms with Crippen LogP contribution in [0.5, 0.6) is 11.5 Å². The van der Waals surface area contributed by atoms with E-state index in [9.17, 15) is 24.2 Å². The lowest BCUT2D eigenvalue weighted by atomic mass is 10.1. The Morgan fingerprint density at radius 2 is 1.38 bits per heavy atom. The van der Waals surface area contributed by atoms with Crippen LogP contribution in [-0.4, -0.2) is 89.6 Å². The number of aromatic carboxylic acids is 2. The van der Waals surface area contributed by atoms with Gasteiger partial charge in [0, 0.05) is 66.8 Å². The number of imidazole rings is 2. The fraction of sp³-hybridized carbons (Fsp3) is 0.245. The molecule has 69 heavy (non-hydrogen) atoms. The van der Waals surface area contributed by atoms with Crippen molar-refractivity contribution in [2.45, 2.75) is 52.2 Å². The number of carboxylic acids is 2. The van der Waals surface area contributed by atoms with E-state index in [0.717, 1.165) is 28.2 Å². The molecule has 0 amide bonds. The van der Waals surface area contributed by atoms with E-state index in [1.165, 1.54) is 30.6 Å². The SMILES string of the molecule is CC(C)N(CCCOc1ccncc1C(=O)O)c1cc(-n2cc[n+](CC(C)N(CCCOc3cccc(F)c3C(=O)O)c3cc(-n4ccnc4)c4ccc(Cl)c(Cl)c4n3)c2)c2ccc(Cl)c(Cl)c2n1. The molecule has 8 rings (SSSR count). The molecule has 20 heteroatoms. The molecule has 5 heterocycles. The summed E-state index contributed by atoms with van der Waals surface area (Å²) in [6.45, 7) is 7.87. The Morgan fingerprint density at radius 3 is 1.99 bits per heavy atom. The van der Waals surface area contributed by atoms with Crippen LogP contribution in [0, 0.1) is 5.82 Å². The number of rotatable bonds is 20. The number of ether oxygens (including phenoxy) is 2. The number of halogens is 5. The molecule has 8 aromatic rings. The average molecular weight is 1020 g/mol. The number of anilines is 2. The van der Waals surface area contributed by atoms with Gasteiger partial charge in [-0.2, -0.15) is 0 Å². The first-order valence-corrected chi connectivity index (χ1v) is 23.3. The van der Waals surface area contributed by atoms with Crippen molar-refractivity contribution in [3.63, 3.8) is 0 Å². The zero-order valence-electron chi connectivity index (χ0n) is 37.4. The van der Waals surface area contributed by atoms with Crippen LogP contribution in [0.2, 0.25) is 20.1 Å². The monoisotopic (exact) mass is 1010 g/mol. The van der Waals surface area contributed by atoms with E-state index >= 15 is 0 Å². The van der Waals surface area contributed by atoms with Gasteiger partial charge in [-0.15, -0.1) is 0 Å². The lowest BCUT2D eigenvalue weighted by Crippen LogP contribution is -2.46. The Morgan fingerprint density at radius 1 is 0.754 bits per heavy atom. The zero-order valence-corrected chi connectivity index (χ0v) is 40.5. The maximum Gasteiger partial charge on any atom is 0.342 e. The third kappa shape index (κ3) is 10.6. The van der Waals surface area contributed by atoms with E-state index in [0.29, 0.717) is 75.2 Å². The van der Waals surface area contributed by atoms with Crippen LogP contribution in [0.1, 0.15) is 54.3 Å². The van der Waals surface area contributed by atoms with Crippen LogP contribution in [0.15, 0.2) is 110 Å². The van der Waals surface area contributed by atoms with Crippen LogP contribution >= 0.6 is 46.4 Å². The number of pyridine rings is 3. The van der Waals surface area contributed by atoms with E-state index < -0.39 is 23.3 Å². The Labute approximate surface area is 415 Å². The van der Waals surface area contributed by atoms with Crippen molar-refractivity contribution in [3.05, 3.63) is 148 Å². The largest absolute Gasteiger partial charge is 0.493 e. The van der Waals surface area contributed by atoms with Gasteiger partial charge in [0.2, 0.25) is 6.33 Å². The summed E-state index contributed by atoms with van der Waals surface area (Å²) in [4.78, 5) is 46.1. The van der Waals surface area contributed by atoms with E-state index in [-0.39, 0.29) is 42.4 Å². The number of aromatic nitrogens is 7. The number of fused-ring (bicyclic) bond motifs is 2. The van der Waals surface area contributed by atoms with Gasteiger partial charge in [-0.05, 0) is 76.1 Å². The average Bonchev–Trinajstić information content (AvgIpc) is 4.04. The summed E-state index contributed by atoms with van der Waals surface area (Å²) in [5, 5.41) is 22.1. The van der Waals surface area contributed by atoms with Gasteiger partial charge in [0.1, 0.15) is 64.7 Å². The highest BCUT2D eigenvalue weighted by atomic mass is 35.5. The molecule has 5 aromatic heterocycles. The van der Waals surface area contributed by atoms with Crippen LogP contribution in [-0.2, 0) is 6.54 Å². The molecule has 1 atom stereocenters. The van der Waals surface area contributed by atoms with E-state index in [1.54, 1.807) is 24.7 Å². The first kappa shape index (κ1) is 48.7. The molecular weight excluding hydrogens is 971 g/mol. The minimum atomic E-state index is -1.42. The maximum atomic E-state index is 14.5. The molecule has 0 aliphatic heterocycles. The standard InChI is InChI=1S/C49H44Cl4FN9O6/c1-29(2)62(16-5-21-68-39-13-14-55-25-33(39)48(64)65)41-24-38(32-10-12-35(51)45(53)47(32)57-41)61-20-19-59(28-61)26-30(3)63(17-6-22-69-40-8-4-7-36(54)43(40)49(66)67)42-23-37(60-18-15-56-27-60)31-9-11-34(50)44(52)46(31)58-42/h4,7-15,18-20,23-25,27-30H,5-6,16-17,21-22,26H2,1-3H3,(H-,64,65,66,67)/p+1. The summed E-state index contributed by atoms with van der Waals surface area (Å²) < 4.78 is 32.2. The first-order chi connectivity index (χ1) is 33.2. The lowest BCUT2D eigenvalue weighted by Gasteiger charge is -2.30. The predicted molar refractivity (Wildman–Crippen MR) is 264 cm³/mol. The Balaban J connectivity index is 1.10. The van der Waals surface area contributed by atoms with Crippen molar-refractivity contribution in [1.82, 2.24) is 29.1 Å². The van der Waals surface area contributed by atoms with Crippen molar-refractivity contribution >= 4 is 91.8 Å². The lowest BCUT2D eigenvalue weighted by molar-refractivity contribution is -0.697. The van der Waals surface area contributed by atoms with Gasteiger partial charge >= 0.3 is 11.9 Å². The number of carboxylic acid groups (broad SMARTS) is 2. The van der Waals surface area contributed by atoms with Gasteiger partial charge in [0.05, 0.1) is 62.4 Å². The highest BCUT2D eigenvalue weighted by molar-refractivity contribution is 6.45. The fourth-order valence-electron chi connectivity index (χ4n) is 8.11. The highest BCUT2D eigenvalue weighted by Gasteiger charge is 2.25. The van der Waals surface area contributed by atoms with Crippen molar-refractivity contribution < 1.29 is 38.2 Å². The van der Waals surface area contributed by atoms with Gasteiger partial charge in [0.15, 0.2) is 0 Å². The zero-order chi connectivity index (χ0) is 48.9. The van der Waals surface area contributed by atoms with Gasteiger partial charge in [-0.1, -0.05) is 52.5 Å². The van der Waals surface area contributed by atoms with E-state index in [2.05, 4.69) is 40.5 Å². The second-order valence-electron chi connectivity index (χ2n) is 16.3. The first-order valence-electron chi connectivity index (χ1n) is 21.8. The summed E-state index contributed by atoms with van der Waals surface area (Å²) in [7, 11) is 0. The highest BCUT2D eigenvalue weighted by Crippen LogP contribution is 2.37.